The number of para-hydroxylation sites is 1. The van der Waals surface area contributed by atoms with Gasteiger partial charge in [0, 0.05) is 6.54 Å². The Bertz CT molecular complexity index is 831. The highest BCUT2D eigenvalue weighted by atomic mass is 19.1. The Morgan fingerprint density at radius 2 is 1.73 bits per heavy atom. The quantitative estimate of drug-likeness (QED) is 0.789. The van der Waals surface area contributed by atoms with Gasteiger partial charge >= 0.3 is 12.1 Å². The molecule has 0 saturated heterocycles. The van der Waals surface area contributed by atoms with Gasteiger partial charge < -0.3 is 14.4 Å². The van der Waals surface area contributed by atoms with Gasteiger partial charge in [-0.3, -0.25) is 0 Å². The average molecular weight is 355 g/mol. The van der Waals surface area contributed by atoms with Crippen molar-refractivity contribution in [2.45, 2.75) is 6.42 Å². The molecule has 0 saturated carbocycles. The smallest absolute Gasteiger partial charge is 0.415 e. The molecule has 0 atom stereocenters. The molecule has 0 radical (unpaired) electrons. The minimum atomic E-state index is -0.532. The van der Waals surface area contributed by atoms with Crippen LogP contribution in [0.15, 0.2) is 60.2 Å². The van der Waals surface area contributed by atoms with Gasteiger partial charge in [0.2, 0.25) is 0 Å². The minimum Gasteiger partial charge on any atom is -0.466 e. The zero-order chi connectivity index (χ0) is 18.5. The summed E-state index contributed by atoms with van der Waals surface area (Å²) in [4.78, 5) is 26.1. The van der Waals surface area contributed by atoms with Gasteiger partial charge in [0.15, 0.2) is 0 Å². The predicted octanol–water partition coefficient (Wildman–Crippen LogP) is 3.66. The van der Waals surface area contributed by atoms with E-state index in [1.807, 2.05) is 6.07 Å². The number of nitrogens with zero attached hydrogens (tertiary/aromatic N) is 1. The summed E-state index contributed by atoms with van der Waals surface area (Å²) in [5, 5.41) is 0. The third-order valence-electron chi connectivity index (χ3n) is 4.18. The first-order valence-electron chi connectivity index (χ1n) is 8.16. The van der Waals surface area contributed by atoms with Crippen molar-refractivity contribution in [3.05, 3.63) is 71.6 Å². The van der Waals surface area contributed by atoms with Crippen molar-refractivity contribution in [1.82, 2.24) is 4.90 Å². The second-order valence-electron chi connectivity index (χ2n) is 5.81. The third-order valence-corrected chi connectivity index (χ3v) is 4.18. The van der Waals surface area contributed by atoms with Crippen molar-refractivity contribution in [3.63, 3.8) is 0 Å². The van der Waals surface area contributed by atoms with Crippen LogP contribution in [0.25, 0.3) is 5.57 Å². The highest BCUT2D eigenvalue weighted by Crippen LogP contribution is 2.29. The number of hydrogen-bond acceptors (Lipinski definition) is 4. The summed E-state index contributed by atoms with van der Waals surface area (Å²) in [6.07, 6.45) is -0.0873. The number of amides is 1. The van der Waals surface area contributed by atoms with E-state index in [1.165, 1.54) is 24.1 Å². The van der Waals surface area contributed by atoms with Crippen molar-refractivity contribution in [3.8, 4) is 5.75 Å². The number of halogens is 1. The van der Waals surface area contributed by atoms with Crippen LogP contribution in [-0.2, 0) is 9.53 Å². The molecule has 3 rings (SSSR count). The monoisotopic (exact) mass is 355 g/mol. The van der Waals surface area contributed by atoms with E-state index in [0.29, 0.717) is 24.3 Å². The molecule has 1 aliphatic rings. The zero-order valence-electron chi connectivity index (χ0n) is 14.3. The van der Waals surface area contributed by atoms with Crippen LogP contribution in [0.2, 0.25) is 0 Å². The molecule has 0 aromatic heterocycles. The third kappa shape index (κ3) is 3.91. The Morgan fingerprint density at radius 3 is 2.38 bits per heavy atom. The second kappa shape index (κ2) is 7.82. The molecule has 0 fully saturated rings. The number of methoxy groups -OCH3 is 1. The number of carbonyl (C=O) groups is 2. The van der Waals surface area contributed by atoms with Crippen molar-refractivity contribution in [2.24, 2.45) is 0 Å². The fourth-order valence-electron chi connectivity index (χ4n) is 2.85. The lowest BCUT2D eigenvalue weighted by atomic mass is 9.93. The van der Waals surface area contributed by atoms with E-state index in [2.05, 4.69) is 0 Å². The lowest BCUT2D eigenvalue weighted by molar-refractivity contribution is -0.136. The first kappa shape index (κ1) is 17.7. The fraction of sp³-hybridized carbons (Fsp3) is 0.200. The molecule has 2 aromatic rings. The number of esters is 1. The van der Waals surface area contributed by atoms with Gasteiger partial charge in [0.25, 0.3) is 0 Å². The highest BCUT2D eigenvalue weighted by Gasteiger charge is 2.29. The first-order chi connectivity index (χ1) is 12.6. The summed E-state index contributed by atoms with van der Waals surface area (Å²) >= 11 is 0. The van der Waals surface area contributed by atoms with Crippen molar-refractivity contribution < 1.29 is 23.5 Å². The van der Waals surface area contributed by atoms with Crippen LogP contribution in [0.5, 0.6) is 5.75 Å². The largest absolute Gasteiger partial charge is 0.466 e. The molecule has 6 heteroatoms. The highest BCUT2D eigenvalue weighted by molar-refractivity contribution is 5.99. The van der Waals surface area contributed by atoms with E-state index < -0.39 is 12.1 Å². The Hall–Kier alpha value is -3.15. The number of hydrogen-bond donors (Lipinski definition) is 0. The molecular formula is C20H18FNO4. The first-order valence-corrected chi connectivity index (χ1v) is 8.16. The van der Waals surface area contributed by atoms with E-state index in [9.17, 15) is 14.0 Å². The molecule has 0 aliphatic carbocycles. The van der Waals surface area contributed by atoms with Crippen molar-refractivity contribution >= 4 is 17.6 Å². The van der Waals surface area contributed by atoms with Crippen LogP contribution in [0, 0.1) is 5.82 Å². The molecule has 0 unspecified atom stereocenters. The Morgan fingerprint density at radius 1 is 1.04 bits per heavy atom. The maximum atomic E-state index is 13.2. The Labute approximate surface area is 150 Å². The Balaban J connectivity index is 1.83. The number of benzene rings is 2. The molecule has 134 valence electrons. The molecule has 1 aliphatic heterocycles. The zero-order valence-corrected chi connectivity index (χ0v) is 14.3. The molecular weight excluding hydrogens is 337 g/mol. The lowest BCUT2D eigenvalue weighted by Crippen LogP contribution is -2.40. The number of rotatable bonds is 3. The van der Waals surface area contributed by atoms with E-state index in [0.717, 1.165) is 11.1 Å². The van der Waals surface area contributed by atoms with Gasteiger partial charge in [-0.25, -0.2) is 14.0 Å². The van der Waals surface area contributed by atoms with Crippen LogP contribution >= 0.6 is 0 Å². The standard InChI is InChI=1S/C20H18FNO4/c1-25-19(23)18-13-22(20(24)26-16-5-3-2-4-6-16)12-11-17(18)14-7-9-15(21)10-8-14/h2-10H,11-13H2,1H3. The molecule has 0 N–H and O–H groups in total. The van der Waals surface area contributed by atoms with Crippen LogP contribution < -0.4 is 4.74 Å². The van der Waals surface area contributed by atoms with E-state index in [1.54, 1.807) is 36.4 Å². The van der Waals surface area contributed by atoms with Gasteiger partial charge in [-0.2, -0.15) is 0 Å². The number of carbonyl (C=O) groups excluding carboxylic acids is 2. The topological polar surface area (TPSA) is 55.8 Å². The predicted molar refractivity (Wildman–Crippen MR) is 94.0 cm³/mol. The average Bonchev–Trinajstić information content (AvgIpc) is 2.68. The molecule has 5 nitrogen and oxygen atoms in total. The summed E-state index contributed by atoms with van der Waals surface area (Å²) in [5.74, 6) is -0.426. The van der Waals surface area contributed by atoms with Gasteiger partial charge in [0.1, 0.15) is 11.6 Å². The van der Waals surface area contributed by atoms with Gasteiger partial charge in [-0.1, -0.05) is 30.3 Å². The van der Waals surface area contributed by atoms with Crippen LogP contribution in [0.1, 0.15) is 12.0 Å². The summed E-state index contributed by atoms with van der Waals surface area (Å²) in [6.45, 7) is 0.462. The molecule has 1 amide bonds. The van der Waals surface area contributed by atoms with Crippen molar-refractivity contribution in [2.75, 3.05) is 20.2 Å². The van der Waals surface area contributed by atoms with Gasteiger partial charge in [0.05, 0.1) is 19.2 Å². The molecule has 2 aromatic carbocycles. The molecule has 0 bridgehead atoms. The Kier molecular flexibility index (Phi) is 5.31. The SMILES string of the molecule is COC(=O)C1=C(c2ccc(F)cc2)CCN(C(=O)Oc2ccccc2)C1. The van der Waals surface area contributed by atoms with Crippen LogP contribution in [0.4, 0.5) is 9.18 Å². The van der Waals surface area contributed by atoms with Crippen molar-refractivity contribution in [1.29, 1.82) is 0 Å². The molecule has 0 spiro atoms. The second-order valence-corrected chi connectivity index (χ2v) is 5.81. The van der Waals surface area contributed by atoms with E-state index in [4.69, 9.17) is 9.47 Å². The maximum Gasteiger partial charge on any atom is 0.415 e. The molecule has 1 heterocycles. The summed E-state index contributed by atoms with van der Waals surface area (Å²) < 4.78 is 23.4. The normalized spacial score (nSPS) is 14.2. The number of ether oxygens (including phenoxy) is 2. The van der Waals surface area contributed by atoms with E-state index in [-0.39, 0.29) is 12.4 Å². The van der Waals surface area contributed by atoms with Crippen LogP contribution in [-0.4, -0.2) is 37.2 Å². The molecule has 26 heavy (non-hydrogen) atoms. The van der Waals surface area contributed by atoms with Crippen LogP contribution in [0.3, 0.4) is 0 Å². The summed E-state index contributed by atoms with van der Waals surface area (Å²) in [5.41, 5.74) is 1.86. The summed E-state index contributed by atoms with van der Waals surface area (Å²) in [7, 11) is 1.29. The lowest BCUT2D eigenvalue weighted by Gasteiger charge is -2.29. The van der Waals surface area contributed by atoms with E-state index >= 15 is 0 Å². The maximum absolute atomic E-state index is 13.2. The summed E-state index contributed by atoms with van der Waals surface area (Å²) in [6, 6.07) is 14.6. The fourth-order valence-corrected chi connectivity index (χ4v) is 2.85. The van der Waals surface area contributed by atoms with Gasteiger partial charge in [-0.15, -0.1) is 0 Å². The van der Waals surface area contributed by atoms with Gasteiger partial charge in [-0.05, 0) is 41.8 Å². The minimum absolute atomic E-state index is 0.0745.